The molecule has 0 atom stereocenters. The van der Waals surface area contributed by atoms with Crippen molar-refractivity contribution < 1.29 is 0 Å². The predicted molar refractivity (Wildman–Crippen MR) is 87.4 cm³/mol. The lowest BCUT2D eigenvalue weighted by molar-refractivity contribution is 0.458. The molecule has 3 heterocycles. The van der Waals surface area contributed by atoms with E-state index in [0.717, 1.165) is 43.3 Å². The summed E-state index contributed by atoms with van der Waals surface area (Å²) in [6, 6.07) is 3.37. The first-order valence-corrected chi connectivity index (χ1v) is 8.64. The van der Waals surface area contributed by atoms with Crippen LogP contribution in [0, 0.1) is 6.92 Å². The van der Waals surface area contributed by atoms with Crippen LogP contribution in [0.2, 0.25) is 0 Å². The highest BCUT2D eigenvalue weighted by Crippen LogP contribution is 2.35. The minimum atomic E-state index is 0.574. The maximum atomic E-state index is 4.53. The van der Waals surface area contributed by atoms with Gasteiger partial charge in [-0.05, 0) is 32.6 Å². The van der Waals surface area contributed by atoms with Gasteiger partial charge in [-0.1, -0.05) is 0 Å². The summed E-state index contributed by atoms with van der Waals surface area (Å²) in [6.07, 6.45) is 8.44. The highest BCUT2D eigenvalue weighted by atomic mass is 32.1. The van der Waals surface area contributed by atoms with Crippen LogP contribution >= 0.6 is 11.7 Å². The van der Waals surface area contributed by atoms with Gasteiger partial charge in [-0.25, -0.2) is 9.97 Å². The Hall–Kier alpha value is -1.76. The fourth-order valence-electron chi connectivity index (χ4n) is 3.28. The molecule has 2 aliphatic rings. The van der Waals surface area contributed by atoms with E-state index in [0.29, 0.717) is 12.1 Å². The molecule has 0 amide bonds. The molecule has 6 nitrogen and oxygen atoms in total. The smallest absolute Gasteiger partial charge is 0.162 e. The molecule has 4 rings (SSSR count). The van der Waals surface area contributed by atoms with Crippen LogP contribution in [0.3, 0.4) is 0 Å². The summed E-state index contributed by atoms with van der Waals surface area (Å²) in [6.45, 7) is 4.13. The maximum absolute atomic E-state index is 4.53. The van der Waals surface area contributed by atoms with Crippen molar-refractivity contribution in [1.82, 2.24) is 18.7 Å². The zero-order chi connectivity index (χ0) is 14.9. The first-order valence-electron chi connectivity index (χ1n) is 7.91. The molecule has 116 valence electrons. The van der Waals surface area contributed by atoms with Gasteiger partial charge in [-0.3, -0.25) is 0 Å². The molecule has 0 radical (unpaired) electrons. The lowest BCUT2D eigenvalue weighted by Gasteiger charge is -2.39. The number of aryl methyl sites for hydroxylation is 1. The Balaban J connectivity index is 1.48. The Morgan fingerprint density at radius 3 is 2.55 bits per heavy atom. The van der Waals surface area contributed by atoms with Gasteiger partial charge >= 0.3 is 0 Å². The van der Waals surface area contributed by atoms with Crippen LogP contribution in [0.25, 0.3) is 0 Å². The quantitative estimate of drug-likeness (QED) is 0.862. The summed E-state index contributed by atoms with van der Waals surface area (Å²) in [4.78, 5) is 13.6. The minimum Gasteiger partial charge on any atom is -0.354 e. The third kappa shape index (κ3) is 2.77. The van der Waals surface area contributed by atoms with Crippen molar-refractivity contribution >= 4 is 23.4 Å². The molecule has 0 bridgehead atoms. The van der Waals surface area contributed by atoms with E-state index in [4.69, 9.17) is 0 Å². The van der Waals surface area contributed by atoms with Crippen molar-refractivity contribution in [3.63, 3.8) is 0 Å². The Kier molecular flexibility index (Phi) is 3.65. The standard InChI is InChI=1S/C15H20N6S/c1-11-8-14(17-10-16-11)21(12-2-3-12)13-4-6-20(7-5-13)15-9-18-22-19-15/h8-10,12-13H,2-7H2,1H3. The molecule has 1 saturated carbocycles. The molecule has 1 aliphatic heterocycles. The summed E-state index contributed by atoms with van der Waals surface area (Å²) in [5.41, 5.74) is 1.04. The summed E-state index contributed by atoms with van der Waals surface area (Å²) in [7, 11) is 0. The number of aromatic nitrogens is 4. The van der Waals surface area contributed by atoms with Gasteiger partial charge < -0.3 is 9.80 Å². The van der Waals surface area contributed by atoms with Gasteiger partial charge in [0.2, 0.25) is 0 Å². The molecule has 2 aromatic heterocycles. The highest BCUT2D eigenvalue weighted by Gasteiger charge is 2.36. The van der Waals surface area contributed by atoms with Crippen molar-refractivity contribution in [1.29, 1.82) is 0 Å². The monoisotopic (exact) mass is 316 g/mol. The largest absolute Gasteiger partial charge is 0.354 e. The van der Waals surface area contributed by atoms with Crippen LogP contribution in [-0.4, -0.2) is 43.9 Å². The second-order valence-corrected chi connectivity index (χ2v) is 6.70. The molecule has 0 aromatic carbocycles. The number of anilines is 2. The summed E-state index contributed by atoms with van der Waals surface area (Å²) < 4.78 is 8.46. The Morgan fingerprint density at radius 2 is 1.91 bits per heavy atom. The first-order chi connectivity index (χ1) is 10.8. The molecule has 0 unspecified atom stereocenters. The van der Waals surface area contributed by atoms with Gasteiger partial charge in [0, 0.05) is 36.9 Å². The Bertz CT molecular complexity index is 619. The lowest BCUT2D eigenvalue weighted by Crippen LogP contribution is -2.46. The molecule has 0 spiro atoms. The number of hydrogen-bond donors (Lipinski definition) is 0. The van der Waals surface area contributed by atoms with E-state index in [9.17, 15) is 0 Å². The van der Waals surface area contributed by atoms with Crippen molar-refractivity contribution in [2.75, 3.05) is 22.9 Å². The molecule has 2 aromatic rings. The summed E-state index contributed by atoms with van der Waals surface area (Å²) >= 11 is 1.28. The number of nitrogens with zero attached hydrogens (tertiary/aromatic N) is 6. The highest BCUT2D eigenvalue weighted by molar-refractivity contribution is 6.99. The fourth-order valence-corrected chi connectivity index (χ4v) is 3.71. The van der Waals surface area contributed by atoms with E-state index in [-0.39, 0.29) is 0 Å². The van der Waals surface area contributed by atoms with Gasteiger partial charge in [0.25, 0.3) is 0 Å². The summed E-state index contributed by atoms with van der Waals surface area (Å²) in [5, 5.41) is 0. The third-order valence-corrected chi connectivity index (χ3v) is 4.99. The van der Waals surface area contributed by atoms with Crippen LogP contribution in [0.5, 0.6) is 0 Å². The SMILES string of the molecule is Cc1cc(N(C2CC2)C2CCN(c3cnsn3)CC2)ncn1. The van der Waals surface area contributed by atoms with E-state index >= 15 is 0 Å². The average molecular weight is 316 g/mol. The number of rotatable bonds is 4. The molecular formula is C15H20N6S. The van der Waals surface area contributed by atoms with Gasteiger partial charge in [-0.2, -0.15) is 8.75 Å². The van der Waals surface area contributed by atoms with Crippen molar-refractivity contribution in [3.05, 3.63) is 24.3 Å². The molecule has 1 saturated heterocycles. The van der Waals surface area contributed by atoms with Crippen LogP contribution in [0.15, 0.2) is 18.6 Å². The first kappa shape index (κ1) is 13.9. The summed E-state index contributed by atoms with van der Waals surface area (Å²) in [5.74, 6) is 2.13. The predicted octanol–water partition coefficient (Wildman–Crippen LogP) is 2.27. The second kappa shape index (κ2) is 5.79. The van der Waals surface area contributed by atoms with Crippen molar-refractivity contribution in [2.45, 2.75) is 44.7 Å². The van der Waals surface area contributed by atoms with E-state index < -0.39 is 0 Å². The van der Waals surface area contributed by atoms with Gasteiger partial charge in [0.1, 0.15) is 12.1 Å². The van der Waals surface area contributed by atoms with Crippen LogP contribution in [0.4, 0.5) is 11.6 Å². The number of piperidine rings is 1. The zero-order valence-corrected chi connectivity index (χ0v) is 13.5. The molecule has 1 aliphatic carbocycles. The minimum absolute atomic E-state index is 0.574. The maximum Gasteiger partial charge on any atom is 0.162 e. The van der Waals surface area contributed by atoms with Gasteiger partial charge in [0.05, 0.1) is 17.9 Å². The van der Waals surface area contributed by atoms with Crippen molar-refractivity contribution in [2.24, 2.45) is 0 Å². The Morgan fingerprint density at radius 1 is 1.14 bits per heavy atom. The molecule has 7 heteroatoms. The van der Waals surface area contributed by atoms with E-state index in [1.54, 1.807) is 6.33 Å². The van der Waals surface area contributed by atoms with Crippen LogP contribution < -0.4 is 9.80 Å². The van der Waals surface area contributed by atoms with E-state index in [1.165, 1.54) is 24.6 Å². The fraction of sp³-hybridized carbons (Fsp3) is 0.600. The van der Waals surface area contributed by atoms with Crippen molar-refractivity contribution in [3.8, 4) is 0 Å². The topological polar surface area (TPSA) is 58.0 Å². The second-order valence-electron chi connectivity index (χ2n) is 6.14. The molecule has 22 heavy (non-hydrogen) atoms. The molecule has 0 N–H and O–H groups in total. The zero-order valence-electron chi connectivity index (χ0n) is 12.7. The molecular weight excluding hydrogens is 296 g/mol. The molecule has 2 fully saturated rings. The average Bonchev–Trinajstić information content (AvgIpc) is 3.21. The van der Waals surface area contributed by atoms with Crippen LogP contribution in [-0.2, 0) is 0 Å². The lowest BCUT2D eigenvalue weighted by atomic mass is 10.0. The Labute approximate surface area is 134 Å². The normalized spacial score (nSPS) is 19.4. The third-order valence-electron chi connectivity index (χ3n) is 4.53. The van der Waals surface area contributed by atoms with Crippen LogP contribution in [0.1, 0.15) is 31.4 Å². The van der Waals surface area contributed by atoms with E-state index in [2.05, 4.69) is 34.6 Å². The number of hydrogen-bond acceptors (Lipinski definition) is 7. The van der Waals surface area contributed by atoms with E-state index in [1.807, 2.05) is 13.1 Å². The van der Waals surface area contributed by atoms with Gasteiger partial charge in [-0.15, -0.1) is 0 Å². The van der Waals surface area contributed by atoms with Gasteiger partial charge in [0.15, 0.2) is 5.82 Å².